The fraction of sp³-hybridized carbons (Fsp3) is 1.00. The molecule has 0 aromatic rings. The van der Waals surface area contributed by atoms with Crippen molar-refractivity contribution < 1.29 is 0 Å². The first-order chi connectivity index (χ1) is 6.01. The van der Waals surface area contributed by atoms with Crippen molar-refractivity contribution in [3.63, 3.8) is 0 Å². The minimum atomic E-state index is 0.180. The Bertz CT molecular complexity index is 124. The second-order valence-corrected chi connectivity index (χ2v) is 4.02. The normalized spacial score (nSPS) is 12.9. The minimum Gasteiger partial charge on any atom is -0.330 e. The third kappa shape index (κ3) is 2.93. The van der Waals surface area contributed by atoms with Gasteiger partial charge in [-0.3, -0.25) is 9.80 Å². The van der Waals surface area contributed by atoms with E-state index in [9.17, 15) is 0 Å². The van der Waals surface area contributed by atoms with Crippen molar-refractivity contribution >= 4 is 0 Å². The van der Waals surface area contributed by atoms with Gasteiger partial charge in [0.2, 0.25) is 0 Å². The topological polar surface area (TPSA) is 32.5 Å². The SMILES string of the molecule is CCC(CCCN)(N(C)C)N(C)C. The van der Waals surface area contributed by atoms with E-state index in [1.165, 1.54) is 0 Å². The van der Waals surface area contributed by atoms with Crippen LogP contribution in [0.5, 0.6) is 0 Å². The Labute approximate surface area is 82.9 Å². The van der Waals surface area contributed by atoms with Crippen molar-refractivity contribution in [2.75, 3.05) is 34.7 Å². The summed E-state index contributed by atoms with van der Waals surface area (Å²) < 4.78 is 0. The van der Waals surface area contributed by atoms with Crippen LogP contribution in [-0.2, 0) is 0 Å². The molecule has 0 fully saturated rings. The molecule has 0 aliphatic carbocycles. The monoisotopic (exact) mass is 187 g/mol. The lowest BCUT2D eigenvalue weighted by molar-refractivity contribution is -0.00904. The summed E-state index contributed by atoms with van der Waals surface area (Å²) in [5, 5.41) is 0. The number of nitrogens with two attached hydrogens (primary N) is 1. The minimum absolute atomic E-state index is 0.180. The Kier molecular flexibility index (Phi) is 5.53. The average Bonchev–Trinajstić information content (AvgIpc) is 2.05. The molecule has 2 N–H and O–H groups in total. The van der Waals surface area contributed by atoms with E-state index in [1.807, 2.05) is 0 Å². The maximum atomic E-state index is 5.55. The molecule has 0 aliphatic heterocycles. The van der Waals surface area contributed by atoms with Crippen molar-refractivity contribution in [3.8, 4) is 0 Å². The maximum Gasteiger partial charge on any atom is 0.0725 e. The first kappa shape index (κ1) is 12.9. The van der Waals surface area contributed by atoms with Crippen molar-refractivity contribution in [2.45, 2.75) is 31.8 Å². The highest BCUT2D eigenvalue weighted by atomic mass is 15.4. The second kappa shape index (κ2) is 5.58. The van der Waals surface area contributed by atoms with E-state index in [0.717, 1.165) is 25.8 Å². The van der Waals surface area contributed by atoms with E-state index in [2.05, 4.69) is 44.9 Å². The van der Waals surface area contributed by atoms with E-state index in [0.29, 0.717) is 0 Å². The molecule has 3 heteroatoms. The van der Waals surface area contributed by atoms with Crippen LogP contribution in [0, 0.1) is 0 Å². The Morgan fingerprint density at radius 2 is 1.54 bits per heavy atom. The zero-order chi connectivity index (χ0) is 10.5. The molecule has 13 heavy (non-hydrogen) atoms. The van der Waals surface area contributed by atoms with Crippen LogP contribution in [-0.4, -0.2) is 50.2 Å². The van der Waals surface area contributed by atoms with Crippen LogP contribution in [0.2, 0.25) is 0 Å². The van der Waals surface area contributed by atoms with Gasteiger partial charge >= 0.3 is 0 Å². The lowest BCUT2D eigenvalue weighted by Gasteiger charge is -2.45. The van der Waals surface area contributed by atoms with Crippen LogP contribution in [0.1, 0.15) is 26.2 Å². The maximum absolute atomic E-state index is 5.55. The first-order valence-electron chi connectivity index (χ1n) is 5.06. The summed E-state index contributed by atoms with van der Waals surface area (Å²) in [7, 11) is 8.56. The summed E-state index contributed by atoms with van der Waals surface area (Å²) in [5.41, 5.74) is 5.73. The molecule has 0 rings (SSSR count). The molecule has 0 atom stereocenters. The summed E-state index contributed by atoms with van der Waals surface area (Å²) >= 11 is 0. The number of hydrogen-bond donors (Lipinski definition) is 1. The van der Waals surface area contributed by atoms with Crippen molar-refractivity contribution in [3.05, 3.63) is 0 Å². The summed E-state index contributed by atoms with van der Waals surface area (Å²) in [5.74, 6) is 0. The highest BCUT2D eigenvalue weighted by molar-refractivity contribution is 4.83. The highest BCUT2D eigenvalue weighted by Gasteiger charge is 2.31. The smallest absolute Gasteiger partial charge is 0.0725 e. The molecule has 0 aromatic heterocycles. The molecule has 0 radical (unpaired) electrons. The average molecular weight is 187 g/mol. The van der Waals surface area contributed by atoms with Crippen LogP contribution >= 0.6 is 0 Å². The molecule has 0 aromatic carbocycles. The molecule has 0 spiro atoms. The van der Waals surface area contributed by atoms with Crippen molar-refractivity contribution in [2.24, 2.45) is 5.73 Å². The molecule has 0 bridgehead atoms. The lowest BCUT2D eigenvalue weighted by Crippen LogP contribution is -2.54. The third-order valence-electron chi connectivity index (χ3n) is 3.01. The predicted molar refractivity (Wildman–Crippen MR) is 58.7 cm³/mol. The molecule has 80 valence electrons. The van der Waals surface area contributed by atoms with E-state index >= 15 is 0 Å². The Balaban J connectivity index is 4.45. The van der Waals surface area contributed by atoms with E-state index in [-0.39, 0.29) is 5.66 Å². The van der Waals surface area contributed by atoms with Gasteiger partial charge in [0.05, 0.1) is 5.66 Å². The van der Waals surface area contributed by atoms with Crippen LogP contribution in [0.3, 0.4) is 0 Å². The largest absolute Gasteiger partial charge is 0.330 e. The van der Waals surface area contributed by atoms with Gasteiger partial charge in [0.25, 0.3) is 0 Å². The van der Waals surface area contributed by atoms with Gasteiger partial charge in [-0.15, -0.1) is 0 Å². The molecule has 0 saturated heterocycles. The predicted octanol–water partition coefficient (Wildman–Crippen LogP) is 0.955. The van der Waals surface area contributed by atoms with Gasteiger partial charge in [0.1, 0.15) is 0 Å². The quantitative estimate of drug-likeness (QED) is 0.629. The Hall–Kier alpha value is -0.120. The summed E-state index contributed by atoms with van der Waals surface area (Å²) in [6.07, 6.45) is 3.36. The Morgan fingerprint density at radius 1 is 1.08 bits per heavy atom. The number of nitrogens with zero attached hydrogens (tertiary/aromatic N) is 2. The van der Waals surface area contributed by atoms with Gasteiger partial charge in [-0.25, -0.2) is 0 Å². The Morgan fingerprint density at radius 3 is 1.77 bits per heavy atom. The zero-order valence-corrected chi connectivity index (χ0v) is 9.80. The van der Waals surface area contributed by atoms with Gasteiger partial charge in [0, 0.05) is 0 Å². The highest BCUT2D eigenvalue weighted by Crippen LogP contribution is 2.25. The number of rotatable bonds is 6. The third-order valence-corrected chi connectivity index (χ3v) is 3.01. The van der Waals surface area contributed by atoms with E-state index < -0.39 is 0 Å². The number of hydrogen-bond acceptors (Lipinski definition) is 3. The van der Waals surface area contributed by atoms with Gasteiger partial charge in [-0.05, 0) is 54.0 Å². The second-order valence-electron chi connectivity index (χ2n) is 4.02. The van der Waals surface area contributed by atoms with Gasteiger partial charge in [-0.2, -0.15) is 0 Å². The first-order valence-corrected chi connectivity index (χ1v) is 5.06. The molecule has 3 nitrogen and oxygen atoms in total. The molecular weight excluding hydrogens is 162 g/mol. The summed E-state index contributed by atoms with van der Waals surface area (Å²) in [4.78, 5) is 4.59. The lowest BCUT2D eigenvalue weighted by atomic mass is 9.98. The molecule has 0 unspecified atom stereocenters. The van der Waals surface area contributed by atoms with Crippen LogP contribution in [0.4, 0.5) is 0 Å². The fourth-order valence-electron chi connectivity index (χ4n) is 2.04. The van der Waals surface area contributed by atoms with Crippen LogP contribution < -0.4 is 5.73 Å². The van der Waals surface area contributed by atoms with Crippen LogP contribution in [0.15, 0.2) is 0 Å². The molecule has 0 heterocycles. The van der Waals surface area contributed by atoms with Gasteiger partial charge < -0.3 is 5.73 Å². The summed E-state index contributed by atoms with van der Waals surface area (Å²) in [6, 6.07) is 0. The van der Waals surface area contributed by atoms with Gasteiger partial charge in [0.15, 0.2) is 0 Å². The summed E-state index contributed by atoms with van der Waals surface area (Å²) in [6.45, 7) is 3.01. The van der Waals surface area contributed by atoms with Gasteiger partial charge in [-0.1, -0.05) is 6.92 Å². The standard InChI is InChI=1S/C10H25N3/c1-6-10(12(2)3,13(4)5)8-7-9-11/h6-9,11H2,1-5H3. The van der Waals surface area contributed by atoms with Crippen LogP contribution in [0.25, 0.3) is 0 Å². The van der Waals surface area contributed by atoms with E-state index in [4.69, 9.17) is 5.73 Å². The fourth-order valence-corrected chi connectivity index (χ4v) is 2.04. The molecule has 0 amide bonds. The molecule has 0 saturated carbocycles. The molecule has 0 aliphatic rings. The zero-order valence-electron chi connectivity index (χ0n) is 9.80. The molecular formula is C10H25N3. The van der Waals surface area contributed by atoms with Crippen molar-refractivity contribution in [1.29, 1.82) is 0 Å². The van der Waals surface area contributed by atoms with E-state index in [1.54, 1.807) is 0 Å². The van der Waals surface area contributed by atoms with Crippen molar-refractivity contribution in [1.82, 2.24) is 9.80 Å².